The number of phenolic OH excluding ortho intramolecular Hbond substituents is 2. The molecule has 0 aliphatic rings. The van der Waals surface area contributed by atoms with E-state index in [-0.39, 0.29) is 63.0 Å². The number of aromatic nitrogens is 2. The molecule has 10 aromatic rings. The molecule has 9 heteroatoms. The molecule has 2 aromatic heterocycles. The molecule has 0 atom stereocenters. The van der Waals surface area contributed by atoms with E-state index < -0.39 is 11.6 Å². The van der Waals surface area contributed by atoms with Gasteiger partial charge in [-0.2, -0.15) is 0 Å². The van der Waals surface area contributed by atoms with Crippen LogP contribution in [-0.4, -0.2) is 32.6 Å². The standard InChI is InChI=1S/C74H82F2N2O4.2CH3.Hf/c1-7-9-11-13-15-25-41-73(3,4)51-45-61(71(79)67(47-51)77-63-33-21-17-29-55(63)56-30-18-22-34-64(56)77)59-49-53(75)37-39-69(59)81-43-27-28-44-82-70-40-38-54(76)50-60(70)62-46-52(74(5,6)42-26-16-14-12-10-8-2)48-68(72(62)80)78-65-35-23-19-31-57(65)58-32-20-24-36-66(58)78;;;/h17-24,29-40,45-50,79-80H,7-16,25-28,41-44H2,1-6H3;2*1H3;/q;2*-1;. The average Bonchev–Trinajstić information content (AvgIpc) is 2.12. The van der Waals surface area contributed by atoms with E-state index in [0.717, 1.165) is 93.3 Å². The van der Waals surface area contributed by atoms with Crippen molar-refractivity contribution in [1.82, 2.24) is 9.13 Å². The number of rotatable bonds is 27. The molecule has 0 aliphatic carbocycles. The molecule has 0 unspecified atom stereocenters. The maximum atomic E-state index is 15.6. The van der Waals surface area contributed by atoms with Gasteiger partial charge in [-0.3, -0.25) is 0 Å². The monoisotopic (exact) mass is 1310 g/mol. The molecular weight excluding hydrogens is 1220 g/mol. The summed E-state index contributed by atoms with van der Waals surface area (Å²) in [5.74, 6) is 0.160. The van der Waals surface area contributed by atoms with Crippen LogP contribution in [0.4, 0.5) is 8.78 Å². The quantitative estimate of drug-likeness (QED) is 0.0306. The Morgan fingerprint density at radius 2 is 0.706 bits per heavy atom. The zero-order valence-electron chi connectivity index (χ0n) is 51.6. The van der Waals surface area contributed by atoms with Crippen LogP contribution in [0.15, 0.2) is 158 Å². The molecule has 0 saturated carbocycles. The van der Waals surface area contributed by atoms with Crippen molar-refractivity contribution in [2.45, 2.75) is 155 Å². The first-order valence-electron chi connectivity index (χ1n) is 30.4. The number of phenols is 2. The molecular formula is C76H88F2HfN2O4-2. The number of hydrogen-bond acceptors (Lipinski definition) is 4. The molecule has 0 radical (unpaired) electrons. The molecule has 85 heavy (non-hydrogen) atoms. The van der Waals surface area contributed by atoms with E-state index in [2.05, 4.69) is 111 Å². The SMILES string of the molecule is CCCCCCCCC(C)(C)c1cc(-c2cc(F)ccc2OCCCCOc2ccc(F)cc2-c2cc(C(C)(C)CCCCCCCC)cc(-n3c4ccccc4c4ccccc43)c2O)c(O)c(-n2c3ccccc3c3ccccc32)c1.[CH3-].[CH3-].[Hf]. The van der Waals surface area contributed by atoms with Crippen molar-refractivity contribution < 1.29 is 54.3 Å². The van der Waals surface area contributed by atoms with Gasteiger partial charge in [0.05, 0.1) is 46.7 Å². The third-order valence-electron chi connectivity index (χ3n) is 17.2. The minimum absolute atomic E-state index is 0. The largest absolute Gasteiger partial charge is 0.505 e. The molecule has 446 valence electrons. The van der Waals surface area contributed by atoms with Crippen LogP contribution in [0.5, 0.6) is 23.0 Å². The van der Waals surface area contributed by atoms with Gasteiger partial charge in [-0.15, -0.1) is 0 Å². The topological polar surface area (TPSA) is 68.8 Å². The van der Waals surface area contributed by atoms with Gasteiger partial charge in [0, 0.05) is 69.6 Å². The molecule has 0 fully saturated rings. The molecule has 10 rings (SSSR count). The number of para-hydroxylation sites is 4. The third kappa shape index (κ3) is 14.4. The van der Waals surface area contributed by atoms with Crippen molar-refractivity contribution in [3.63, 3.8) is 0 Å². The van der Waals surface area contributed by atoms with E-state index in [9.17, 15) is 10.2 Å². The van der Waals surface area contributed by atoms with E-state index >= 15 is 8.78 Å². The van der Waals surface area contributed by atoms with Crippen LogP contribution in [0.1, 0.15) is 155 Å². The van der Waals surface area contributed by atoms with E-state index in [1.54, 1.807) is 12.1 Å². The number of aromatic hydroxyl groups is 2. The van der Waals surface area contributed by atoms with Crippen LogP contribution in [0.3, 0.4) is 0 Å². The molecule has 0 amide bonds. The van der Waals surface area contributed by atoms with Crippen molar-refractivity contribution in [2.75, 3.05) is 13.2 Å². The van der Waals surface area contributed by atoms with Gasteiger partial charge in [0.2, 0.25) is 0 Å². The second-order valence-corrected chi connectivity index (χ2v) is 24.0. The minimum atomic E-state index is -0.430. The minimum Gasteiger partial charge on any atom is -0.505 e. The molecule has 0 bridgehead atoms. The number of unbranched alkanes of at least 4 members (excludes halogenated alkanes) is 11. The number of benzene rings is 8. The Hall–Kier alpha value is -6.71. The van der Waals surface area contributed by atoms with Crippen molar-refractivity contribution in [2.24, 2.45) is 0 Å². The summed E-state index contributed by atoms with van der Waals surface area (Å²) in [6, 6.07) is 50.5. The summed E-state index contributed by atoms with van der Waals surface area (Å²) in [6.45, 7) is 14.2. The van der Waals surface area contributed by atoms with Crippen LogP contribution in [-0.2, 0) is 36.7 Å². The van der Waals surface area contributed by atoms with Gasteiger partial charge >= 0.3 is 0 Å². The van der Waals surface area contributed by atoms with Gasteiger partial charge < -0.3 is 43.7 Å². The fourth-order valence-corrected chi connectivity index (χ4v) is 12.4. The molecule has 2 N–H and O–H groups in total. The first-order valence-corrected chi connectivity index (χ1v) is 30.4. The Morgan fingerprint density at radius 3 is 1.05 bits per heavy atom. The molecule has 6 nitrogen and oxygen atoms in total. The van der Waals surface area contributed by atoms with Gasteiger partial charge in [-0.1, -0.05) is 191 Å². The average molecular weight is 1310 g/mol. The second-order valence-electron chi connectivity index (χ2n) is 24.0. The normalized spacial score (nSPS) is 11.7. The Morgan fingerprint density at radius 1 is 0.388 bits per heavy atom. The molecule has 0 aliphatic heterocycles. The smallest absolute Gasteiger partial charge is 0.147 e. The summed E-state index contributed by atoms with van der Waals surface area (Å²) in [7, 11) is 0. The predicted molar refractivity (Wildman–Crippen MR) is 351 cm³/mol. The first kappa shape index (κ1) is 65.8. The molecule has 2 heterocycles. The zero-order valence-corrected chi connectivity index (χ0v) is 55.2. The van der Waals surface area contributed by atoms with E-state index in [0.29, 0.717) is 71.2 Å². The summed E-state index contributed by atoms with van der Waals surface area (Å²) in [5.41, 5.74) is 8.69. The molecule has 0 saturated heterocycles. The summed E-state index contributed by atoms with van der Waals surface area (Å²) in [6.07, 6.45) is 17.4. The van der Waals surface area contributed by atoms with E-state index in [4.69, 9.17) is 9.47 Å². The van der Waals surface area contributed by atoms with Crippen molar-refractivity contribution in [1.29, 1.82) is 0 Å². The summed E-state index contributed by atoms with van der Waals surface area (Å²) in [4.78, 5) is 0. The Bertz CT molecular complexity index is 3480. The van der Waals surface area contributed by atoms with Gasteiger partial charge in [-0.25, -0.2) is 8.78 Å². The van der Waals surface area contributed by atoms with Gasteiger partial charge in [0.25, 0.3) is 0 Å². The van der Waals surface area contributed by atoms with Crippen molar-refractivity contribution in [3.05, 3.63) is 195 Å². The number of hydrogen-bond donors (Lipinski definition) is 2. The number of ether oxygens (including phenoxy) is 2. The van der Waals surface area contributed by atoms with Gasteiger partial charge in [0.1, 0.15) is 34.6 Å². The Balaban J connectivity index is 0.00000345. The van der Waals surface area contributed by atoms with Crippen molar-refractivity contribution in [3.8, 4) is 56.6 Å². The van der Waals surface area contributed by atoms with Crippen LogP contribution >= 0.6 is 0 Å². The van der Waals surface area contributed by atoms with Crippen LogP contribution in [0, 0.1) is 26.5 Å². The molecule has 8 aromatic carbocycles. The summed E-state index contributed by atoms with van der Waals surface area (Å²) < 4.78 is 48.7. The maximum Gasteiger partial charge on any atom is 0.147 e. The van der Waals surface area contributed by atoms with Crippen LogP contribution in [0.2, 0.25) is 0 Å². The maximum absolute atomic E-state index is 15.6. The van der Waals surface area contributed by atoms with Crippen molar-refractivity contribution >= 4 is 43.6 Å². The summed E-state index contributed by atoms with van der Waals surface area (Å²) >= 11 is 0. The number of halogens is 2. The van der Waals surface area contributed by atoms with E-state index in [1.807, 2.05) is 60.7 Å². The Labute approximate surface area is 524 Å². The van der Waals surface area contributed by atoms with Crippen LogP contribution < -0.4 is 9.47 Å². The summed E-state index contributed by atoms with van der Waals surface area (Å²) in [5, 5.41) is 29.6. The zero-order chi connectivity index (χ0) is 57.4. The second kappa shape index (κ2) is 29.6. The first-order chi connectivity index (χ1) is 39.8. The van der Waals surface area contributed by atoms with Gasteiger partial charge in [0.15, 0.2) is 0 Å². The van der Waals surface area contributed by atoms with E-state index in [1.165, 1.54) is 75.6 Å². The number of fused-ring (bicyclic) bond motifs is 6. The fourth-order valence-electron chi connectivity index (χ4n) is 12.4. The third-order valence-corrected chi connectivity index (χ3v) is 17.2. The predicted octanol–water partition coefficient (Wildman–Crippen LogP) is 22.1. The fraction of sp³-hybridized carbons (Fsp3) is 0.342. The number of nitrogens with zero attached hydrogens (tertiary/aromatic N) is 2. The van der Waals surface area contributed by atoms with Gasteiger partial charge in [-0.05, 0) is 133 Å². The molecule has 0 spiro atoms. The Kier molecular flexibility index (Phi) is 22.9. The van der Waals surface area contributed by atoms with Crippen LogP contribution in [0.25, 0.3) is 77.2 Å².